The van der Waals surface area contributed by atoms with Gasteiger partial charge in [0.25, 0.3) is 0 Å². The summed E-state index contributed by atoms with van der Waals surface area (Å²) in [5.74, 6) is 0. The molecule has 18 heavy (non-hydrogen) atoms. The Bertz CT molecular complexity index is 580. The molecule has 0 radical (unpaired) electrons. The molecule has 0 spiro atoms. The summed E-state index contributed by atoms with van der Waals surface area (Å²) in [6.07, 6.45) is 4.07. The van der Waals surface area contributed by atoms with E-state index in [9.17, 15) is 0 Å². The third-order valence-corrected chi connectivity index (χ3v) is 3.39. The Balaban J connectivity index is 2.16. The third kappa shape index (κ3) is 3.14. The van der Waals surface area contributed by atoms with Gasteiger partial charge >= 0.3 is 0 Å². The van der Waals surface area contributed by atoms with Crippen molar-refractivity contribution < 1.29 is 0 Å². The Labute approximate surface area is 114 Å². The molecular formula is C17H16S. The van der Waals surface area contributed by atoms with Crippen molar-refractivity contribution in [3.63, 3.8) is 0 Å². The summed E-state index contributed by atoms with van der Waals surface area (Å²) in [5, 5.41) is 0. The Morgan fingerprint density at radius 2 is 1.67 bits per heavy atom. The van der Waals surface area contributed by atoms with Gasteiger partial charge in [-0.1, -0.05) is 66.8 Å². The fraction of sp³-hybridized carbons (Fsp3) is 0.118. The average Bonchev–Trinajstić information content (AvgIpc) is 2.41. The maximum absolute atomic E-state index is 5.39. The zero-order valence-electron chi connectivity index (χ0n) is 10.7. The molecule has 0 aliphatic rings. The van der Waals surface area contributed by atoms with Crippen LogP contribution in [0.2, 0.25) is 0 Å². The van der Waals surface area contributed by atoms with E-state index in [4.69, 9.17) is 12.2 Å². The van der Waals surface area contributed by atoms with E-state index in [0.29, 0.717) is 0 Å². The van der Waals surface area contributed by atoms with Crippen LogP contribution in [0.3, 0.4) is 0 Å². The molecule has 0 nitrogen and oxygen atoms in total. The molecule has 2 rings (SSSR count). The molecule has 0 saturated heterocycles. The van der Waals surface area contributed by atoms with E-state index in [1.165, 1.54) is 16.7 Å². The lowest BCUT2D eigenvalue weighted by Gasteiger charge is -2.01. The largest absolute Gasteiger partial charge is 0.0795 e. The lowest BCUT2D eigenvalue weighted by Crippen LogP contribution is -1.91. The lowest BCUT2D eigenvalue weighted by molar-refractivity contribution is 1.33. The van der Waals surface area contributed by atoms with Gasteiger partial charge in [0.1, 0.15) is 0 Å². The predicted molar refractivity (Wildman–Crippen MR) is 83.1 cm³/mol. The quantitative estimate of drug-likeness (QED) is 0.432. The van der Waals surface area contributed by atoms with Crippen LogP contribution in [0.5, 0.6) is 0 Å². The minimum Gasteiger partial charge on any atom is -0.0795 e. The van der Waals surface area contributed by atoms with Crippen molar-refractivity contribution in [1.82, 2.24) is 0 Å². The highest BCUT2D eigenvalue weighted by atomic mass is 32.1. The van der Waals surface area contributed by atoms with Gasteiger partial charge in [0.15, 0.2) is 0 Å². The van der Waals surface area contributed by atoms with Gasteiger partial charge in [0.05, 0.1) is 0 Å². The van der Waals surface area contributed by atoms with E-state index in [1.54, 1.807) is 0 Å². The first-order chi connectivity index (χ1) is 8.66. The standard InChI is InChI=1S/C17H16S/c1-13-8-9-15(12-14(13)2)10-11-17(18)16-6-4-3-5-7-16/h3-12H,1-2H3. The van der Waals surface area contributed by atoms with Crippen LogP contribution < -0.4 is 0 Å². The average molecular weight is 252 g/mol. The van der Waals surface area contributed by atoms with E-state index < -0.39 is 0 Å². The Morgan fingerprint density at radius 1 is 0.944 bits per heavy atom. The van der Waals surface area contributed by atoms with Crippen LogP contribution >= 0.6 is 12.2 Å². The molecule has 0 fully saturated rings. The molecule has 2 aromatic rings. The van der Waals surface area contributed by atoms with Crippen LogP contribution in [-0.2, 0) is 0 Å². The van der Waals surface area contributed by atoms with Crippen LogP contribution in [0.25, 0.3) is 6.08 Å². The third-order valence-electron chi connectivity index (χ3n) is 3.02. The number of benzene rings is 2. The molecule has 0 bridgehead atoms. The highest BCUT2D eigenvalue weighted by Gasteiger charge is 1.96. The topological polar surface area (TPSA) is 0 Å². The van der Waals surface area contributed by atoms with E-state index in [-0.39, 0.29) is 0 Å². The minimum atomic E-state index is 0.869. The molecule has 0 aliphatic heterocycles. The van der Waals surface area contributed by atoms with Crippen molar-refractivity contribution in [2.45, 2.75) is 13.8 Å². The predicted octanol–water partition coefficient (Wildman–Crippen LogP) is 4.73. The van der Waals surface area contributed by atoms with Gasteiger partial charge in [0.2, 0.25) is 0 Å². The van der Waals surface area contributed by atoms with Crippen LogP contribution in [0.1, 0.15) is 22.3 Å². The molecule has 0 N–H and O–H groups in total. The summed E-state index contributed by atoms with van der Waals surface area (Å²) in [6, 6.07) is 16.5. The maximum Gasteiger partial charge on any atom is 0.0449 e. The van der Waals surface area contributed by atoms with Crippen molar-refractivity contribution in [2.75, 3.05) is 0 Å². The Hall–Kier alpha value is -1.73. The van der Waals surface area contributed by atoms with Gasteiger partial charge in [-0.05, 0) is 42.2 Å². The molecule has 90 valence electrons. The monoisotopic (exact) mass is 252 g/mol. The molecule has 0 aromatic heterocycles. The van der Waals surface area contributed by atoms with Gasteiger partial charge in [-0.2, -0.15) is 0 Å². The fourth-order valence-corrected chi connectivity index (χ4v) is 1.94. The Kier molecular flexibility index (Phi) is 4.06. The highest BCUT2D eigenvalue weighted by molar-refractivity contribution is 7.81. The van der Waals surface area contributed by atoms with Crippen molar-refractivity contribution in [3.05, 3.63) is 76.9 Å². The second-order valence-corrected chi connectivity index (χ2v) is 4.85. The molecule has 2 aromatic carbocycles. The van der Waals surface area contributed by atoms with Gasteiger partial charge in [-0.3, -0.25) is 0 Å². The molecule has 1 heteroatoms. The Morgan fingerprint density at radius 3 is 2.33 bits per heavy atom. The number of hydrogen-bond acceptors (Lipinski definition) is 1. The molecule has 0 atom stereocenters. The minimum absolute atomic E-state index is 0.869. The number of rotatable bonds is 3. The van der Waals surface area contributed by atoms with Crippen LogP contribution in [0.4, 0.5) is 0 Å². The molecule has 0 saturated carbocycles. The maximum atomic E-state index is 5.39. The van der Waals surface area contributed by atoms with Crippen LogP contribution in [0.15, 0.2) is 54.6 Å². The molecule has 0 heterocycles. The first-order valence-corrected chi connectivity index (χ1v) is 6.42. The number of aryl methyl sites for hydroxylation is 2. The van der Waals surface area contributed by atoms with Crippen LogP contribution in [-0.4, -0.2) is 4.86 Å². The lowest BCUT2D eigenvalue weighted by atomic mass is 10.1. The van der Waals surface area contributed by atoms with Gasteiger partial charge in [-0.15, -0.1) is 0 Å². The van der Waals surface area contributed by atoms with Crippen molar-refractivity contribution >= 4 is 23.2 Å². The summed E-state index contributed by atoms with van der Waals surface area (Å²) >= 11 is 5.39. The summed E-state index contributed by atoms with van der Waals surface area (Å²) in [5.41, 5.74) is 4.91. The van der Waals surface area contributed by atoms with Gasteiger partial charge in [0, 0.05) is 4.86 Å². The summed E-state index contributed by atoms with van der Waals surface area (Å²) in [6.45, 7) is 4.25. The first kappa shape index (κ1) is 12.7. The molecule has 0 amide bonds. The summed E-state index contributed by atoms with van der Waals surface area (Å²) in [7, 11) is 0. The fourth-order valence-electron chi connectivity index (χ4n) is 1.74. The summed E-state index contributed by atoms with van der Waals surface area (Å²) < 4.78 is 0. The smallest absolute Gasteiger partial charge is 0.0449 e. The molecule has 0 aliphatic carbocycles. The van der Waals surface area contributed by atoms with Crippen molar-refractivity contribution in [3.8, 4) is 0 Å². The summed E-state index contributed by atoms with van der Waals surface area (Å²) in [4.78, 5) is 0.869. The second kappa shape index (κ2) is 5.74. The molecule has 0 unspecified atom stereocenters. The van der Waals surface area contributed by atoms with Gasteiger partial charge < -0.3 is 0 Å². The van der Waals surface area contributed by atoms with Crippen LogP contribution in [0, 0.1) is 13.8 Å². The van der Waals surface area contributed by atoms with E-state index in [1.807, 2.05) is 36.4 Å². The number of allylic oxidation sites excluding steroid dienone is 1. The SMILES string of the molecule is Cc1ccc(C=CC(=S)c2ccccc2)cc1C. The zero-order valence-corrected chi connectivity index (χ0v) is 11.5. The second-order valence-electron chi connectivity index (χ2n) is 4.41. The van der Waals surface area contributed by atoms with E-state index in [2.05, 4.69) is 38.1 Å². The van der Waals surface area contributed by atoms with Crippen molar-refractivity contribution in [2.24, 2.45) is 0 Å². The first-order valence-electron chi connectivity index (χ1n) is 6.01. The van der Waals surface area contributed by atoms with E-state index in [0.717, 1.165) is 10.4 Å². The highest BCUT2D eigenvalue weighted by Crippen LogP contribution is 2.12. The van der Waals surface area contributed by atoms with E-state index >= 15 is 0 Å². The number of thiocarbonyl (C=S) groups is 1. The zero-order chi connectivity index (χ0) is 13.0. The molecular weight excluding hydrogens is 236 g/mol. The normalized spacial score (nSPS) is 10.8. The van der Waals surface area contributed by atoms with Gasteiger partial charge in [-0.25, -0.2) is 0 Å². The van der Waals surface area contributed by atoms with Crippen molar-refractivity contribution in [1.29, 1.82) is 0 Å². The number of hydrogen-bond donors (Lipinski definition) is 0.